The molecular formula is C31H44N4O4S2. The third-order valence-corrected chi connectivity index (χ3v) is 9.43. The minimum Gasteiger partial charge on any atom is -0.466 e. The topological polar surface area (TPSA) is 95.6 Å². The van der Waals surface area contributed by atoms with E-state index in [4.69, 9.17) is 17.0 Å². The Labute approximate surface area is 254 Å². The highest BCUT2D eigenvalue weighted by molar-refractivity contribution is 8.26. The van der Waals surface area contributed by atoms with Crippen molar-refractivity contribution in [1.82, 2.24) is 9.47 Å². The number of nitriles is 1. The van der Waals surface area contributed by atoms with Crippen molar-refractivity contribution < 1.29 is 14.3 Å². The first-order chi connectivity index (χ1) is 19.7. The van der Waals surface area contributed by atoms with Crippen molar-refractivity contribution in [2.24, 2.45) is 11.8 Å². The number of hydrogen-bond donors (Lipinski definition) is 0. The second kappa shape index (κ2) is 15.5. The van der Waals surface area contributed by atoms with E-state index in [0.717, 1.165) is 44.9 Å². The SMILES string of the molecule is CCCCC(CC)CN1C(=O)/C(=C/c2c(C)c(C#N)c(=O)n(CCCC)c2N2CCCC(C(=O)OCC)C2)SC1=S. The van der Waals surface area contributed by atoms with E-state index in [-0.39, 0.29) is 28.9 Å². The summed E-state index contributed by atoms with van der Waals surface area (Å²) in [7, 11) is 0. The Balaban J connectivity index is 2.12. The highest BCUT2D eigenvalue weighted by atomic mass is 32.2. The fourth-order valence-corrected chi connectivity index (χ4v) is 6.85. The maximum Gasteiger partial charge on any atom is 0.310 e. The molecule has 2 atom stereocenters. The van der Waals surface area contributed by atoms with Crippen LogP contribution in [-0.4, -0.2) is 51.9 Å². The lowest BCUT2D eigenvalue weighted by Gasteiger charge is -2.36. The summed E-state index contributed by atoms with van der Waals surface area (Å²) in [6, 6.07) is 2.12. The van der Waals surface area contributed by atoms with Gasteiger partial charge in [-0.1, -0.05) is 70.4 Å². The number of thiocarbonyl (C=S) groups is 1. The number of nitrogens with zero attached hydrogens (tertiary/aromatic N) is 4. The van der Waals surface area contributed by atoms with E-state index in [9.17, 15) is 19.6 Å². The number of unbranched alkanes of at least 4 members (excludes halogenated alkanes) is 2. The van der Waals surface area contributed by atoms with Gasteiger partial charge in [0.15, 0.2) is 0 Å². The molecule has 0 radical (unpaired) electrons. The number of thioether (sulfide) groups is 1. The average molecular weight is 601 g/mol. The van der Waals surface area contributed by atoms with E-state index in [0.29, 0.717) is 71.3 Å². The van der Waals surface area contributed by atoms with Gasteiger partial charge >= 0.3 is 5.97 Å². The van der Waals surface area contributed by atoms with Crippen LogP contribution in [0.3, 0.4) is 0 Å². The first-order valence-electron chi connectivity index (χ1n) is 15.1. The van der Waals surface area contributed by atoms with Gasteiger partial charge in [0.2, 0.25) is 0 Å². The number of amides is 1. The largest absolute Gasteiger partial charge is 0.466 e. The molecule has 0 aliphatic carbocycles. The lowest BCUT2D eigenvalue weighted by molar-refractivity contribution is -0.148. The van der Waals surface area contributed by atoms with Crippen LogP contribution in [0.5, 0.6) is 0 Å². The molecule has 2 saturated heterocycles. The number of rotatable bonds is 13. The van der Waals surface area contributed by atoms with Gasteiger partial charge in [0.05, 0.1) is 17.4 Å². The number of hydrogen-bond acceptors (Lipinski definition) is 8. The Morgan fingerprint density at radius 3 is 2.59 bits per heavy atom. The minimum absolute atomic E-state index is 0.0798. The summed E-state index contributed by atoms with van der Waals surface area (Å²) in [6.45, 7) is 12.4. The van der Waals surface area contributed by atoms with Crippen LogP contribution >= 0.6 is 24.0 Å². The summed E-state index contributed by atoms with van der Waals surface area (Å²) < 4.78 is 7.54. The van der Waals surface area contributed by atoms with Gasteiger partial charge in [-0.25, -0.2) is 0 Å². The first kappa shape index (κ1) is 32.9. The molecule has 3 rings (SSSR count). The summed E-state index contributed by atoms with van der Waals surface area (Å²) in [4.78, 5) is 44.2. The second-order valence-corrected chi connectivity index (χ2v) is 12.6. The van der Waals surface area contributed by atoms with Crippen molar-refractivity contribution >= 4 is 52.1 Å². The molecular weight excluding hydrogens is 556 g/mol. The Hall–Kier alpha value is -2.64. The van der Waals surface area contributed by atoms with Gasteiger partial charge in [0.25, 0.3) is 11.5 Å². The van der Waals surface area contributed by atoms with Gasteiger partial charge in [-0.3, -0.25) is 23.9 Å². The molecule has 2 aliphatic heterocycles. The number of aromatic nitrogens is 1. The van der Waals surface area contributed by atoms with Gasteiger partial charge in [-0.2, -0.15) is 5.26 Å². The quantitative estimate of drug-likeness (QED) is 0.154. The Kier molecular flexibility index (Phi) is 12.5. The van der Waals surface area contributed by atoms with Crippen LogP contribution in [0, 0.1) is 30.1 Å². The van der Waals surface area contributed by atoms with Gasteiger partial charge in [0.1, 0.15) is 21.8 Å². The predicted molar refractivity (Wildman–Crippen MR) is 170 cm³/mol. The van der Waals surface area contributed by atoms with Crippen LogP contribution < -0.4 is 10.5 Å². The highest BCUT2D eigenvalue weighted by Gasteiger charge is 2.35. The van der Waals surface area contributed by atoms with Crippen molar-refractivity contribution in [1.29, 1.82) is 5.26 Å². The maximum absolute atomic E-state index is 13.7. The van der Waals surface area contributed by atoms with Crippen LogP contribution in [-0.2, 0) is 20.9 Å². The summed E-state index contributed by atoms with van der Waals surface area (Å²) in [5, 5.41) is 9.98. The Morgan fingerprint density at radius 1 is 1.22 bits per heavy atom. The number of carbonyl (C=O) groups excluding carboxylic acids is 2. The van der Waals surface area contributed by atoms with Crippen molar-refractivity contribution in [3.63, 3.8) is 0 Å². The molecule has 224 valence electrons. The van der Waals surface area contributed by atoms with Crippen LogP contribution in [0.4, 0.5) is 5.82 Å². The molecule has 0 N–H and O–H groups in total. The average Bonchev–Trinajstić information content (AvgIpc) is 3.23. The molecule has 10 heteroatoms. The van der Waals surface area contributed by atoms with E-state index in [1.54, 1.807) is 23.3 Å². The monoisotopic (exact) mass is 600 g/mol. The zero-order valence-corrected chi connectivity index (χ0v) is 26.8. The summed E-state index contributed by atoms with van der Waals surface area (Å²) >= 11 is 6.94. The van der Waals surface area contributed by atoms with E-state index < -0.39 is 0 Å². The van der Waals surface area contributed by atoms with Crippen molar-refractivity contribution in [3.8, 4) is 6.07 Å². The number of carbonyl (C=O) groups is 2. The van der Waals surface area contributed by atoms with Crippen LogP contribution in [0.1, 0.15) is 95.8 Å². The van der Waals surface area contributed by atoms with Gasteiger partial charge < -0.3 is 9.64 Å². The van der Waals surface area contributed by atoms with Crippen molar-refractivity contribution in [2.75, 3.05) is 31.1 Å². The van der Waals surface area contributed by atoms with E-state index in [2.05, 4.69) is 31.7 Å². The smallest absolute Gasteiger partial charge is 0.310 e. The number of pyridine rings is 1. The number of esters is 1. The fraction of sp³-hybridized carbons (Fsp3) is 0.645. The third-order valence-electron chi connectivity index (χ3n) is 8.06. The molecule has 3 heterocycles. The van der Waals surface area contributed by atoms with E-state index >= 15 is 0 Å². The van der Waals surface area contributed by atoms with Crippen LogP contribution in [0.2, 0.25) is 0 Å². The third kappa shape index (κ3) is 7.61. The van der Waals surface area contributed by atoms with E-state index in [1.807, 2.05) is 6.08 Å². The molecule has 1 amide bonds. The lowest BCUT2D eigenvalue weighted by Crippen LogP contribution is -2.43. The number of ether oxygens (including phenoxy) is 1. The molecule has 41 heavy (non-hydrogen) atoms. The summed E-state index contributed by atoms with van der Waals surface area (Å²) in [5.74, 6) is 0.362. The lowest BCUT2D eigenvalue weighted by atomic mass is 9.96. The molecule has 0 aromatic carbocycles. The molecule has 2 unspecified atom stereocenters. The van der Waals surface area contributed by atoms with Gasteiger partial charge in [-0.05, 0) is 57.1 Å². The predicted octanol–water partition coefficient (Wildman–Crippen LogP) is 6.03. The molecule has 0 spiro atoms. The Bertz CT molecular complexity index is 1270. The normalized spacial score (nSPS) is 19.1. The summed E-state index contributed by atoms with van der Waals surface area (Å²) in [5.41, 5.74) is 0.952. The molecule has 0 bridgehead atoms. The molecule has 0 saturated carbocycles. The molecule has 1 aromatic rings. The molecule has 1 aromatic heterocycles. The van der Waals surface area contributed by atoms with Crippen molar-refractivity contribution in [3.05, 3.63) is 31.9 Å². The van der Waals surface area contributed by atoms with Gasteiger partial charge in [-0.15, -0.1) is 0 Å². The van der Waals surface area contributed by atoms with E-state index in [1.165, 1.54) is 11.8 Å². The highest BCUT2D eigenvalue weighted by Crippen LogP contribution is 2.37. The number of anilines is 1. The molecule has 2 aliphatic rings. The van der Waals surface area contributed by atoms with Crippen LogP contribution in [0.25, 0.3) is 6.08 Å². The van der Waals surface area contributed by atoms with Gasteiger partial charge in [0, 0.05) is 31.7 Å². The molecule has 2 fully saturated rings. The minimum atomic E-state index is -0.335. The zero-order chi connectivity index (χ0) is 30.1. The fourth-order valence-electron chi connectivity index (χ4n) is 5.59. The number of piperidine rings is 1. The van der Waals surface area contributed by atoms with Crippen LogP contribution in [0.15, 0.2) is 9.70 Å². The zero-order valence-electron chi connectivity index (χ0n) is 25.2. The standard InChI is InChI=1S/C31H44N4O4S2/c1-6-10-13-22(8-3)19-35-29(37)26(41-31(35)40)17-24-21(5)25(18-32)28(36)34(16-11-7-2)27(24)33-15-12-14-23(20-33)30(38)39-9-4/h17,22-23H,6-16,19-20H2,1-5H3/b26-17-. The Morgan fingerprint density at radius 2 is 1.95 bits per heavy atom. The van der Waals surface area contributed by atoms with Crippen molar-refractivity contribution in [2.45, 2.75) is 92.5 Å². The summed E-state index contributed by atoms with van der Waals surface area (Å²) in [6.07, 6.45) is 9.18. The maximum atomic E-state index is 13.7. The molecule has 8 nitrogen and oxygen atoms in total. The second-order valence-electron chi connectivity index (χ2n) is 10.9. The first-order valence-corrected chi connectivity index (χ1v) is 16.3.